The second-order valence-corrected chi connectivity index (χ2v) is 11.0. The van der Waals surface area contributed by atoms with Crippen molar-refractivity contribution in [3.63, 3.8) is 0 Å². The molecule has 40 heavy (non-hydrogen) atoms. The summed E-state index contributed by atoms with van der Waals surface area (Å²) in [6, 6.07) is 10.7. The first-order valence-corrected chi connectivity index (χ1v) is 15.0. The fraction of sp³-hybridized carbons (Fsp3) is 0.562. The molecule has 7 nitrogen and oxygen atoms in total. The first-order valence-electron chi connectivity index (χ1n) is 15.0. The van der Waals surface area contributed by atoms with Crippen LogP contribution in [0, 0.1) is 0 Å². The van der Waals surface area contributed by atoms with E-state index >= 15 is 0 Å². The highest BCUT2D eigenvalue weighted by atomic mass is 35.5. The van der Waals surface area contributed by atoms with E-state index in [1.54, 1.807) is 24.3 Å². The number of carbonyl (C=O) groups excluding carboxylic acids is 2. The summed E-state index contributed by atoms with van der Waals surface area (Å²) in [7, 11) is 0. The Bertz CT molecular complexity index is 1060. The van der Waals surface area contributed by atoms with Crippen molar-refractivity contribution in [1.29, 1.82) is 0 Å². The topological polar surface area (TPSA) is 71.1 Å². The summed E-state index contributed by atoms with van der Waals surface area (Å²) in [4.78, 5) is 32.3. The van der Waals surface area contributed by atoms with Crippen LogP contribution in [0.15, 0.2) is 36.4 Å². The summed E-state index contributed by atoms with van der Waals surface area (Å²) in [5.74, 6) is 0.677. The molecular formula is C32H44ClN3O4. The summed E-state index contributed by atoms with van der Waals surface area (Å²) < 4.78 is 12.2. The molecule has 1 aliphatic carbocycles. The highest BCUT2D eigenvalue weighted by Crippen LogP contribution is 2.37. The van der Waals surface area contributed by atoms with Gasteiger partial charge in [0.1, 0.15) is 11.5 Å². The van der Waals surface area contributed by atoms with Gasteiger partial charge in [0, 0.05) is 50.4 Å². The summed E-state index contributed by atoms with van der Waals surface area (Å²) in [5.41, 5.74) is 1.59. The standard InChI is InChI=1S/C32H43N3O4.ClH/c36-31-25-11-9-13-27-29(25)32(37)30-26(31)12-10-14-28(30)39-24-8-4-2-6-18-35-20-16-33-15-19-34(21-22-35)17-5-1-3-7-23-38-27;/h9-14,33H,1-8,15-24H2;1H. The highest BCUT2D eigenvalue weighted by Gasteiger charge is 2.34. The molecule has 2 aromatic rings. The highest BCUT2D eigenvalue weighted by molar-refractivity contribution is 6.30. The molecule has 0 saturated carbocycles. The Morgan fingerprint density at radius 1 is 0.550 bits per heavy atom. The Hall–Kier alpha value is -2.45. The second kappa shape index (κ2) is 15.5. The second-order valence-electron chi connectivity index (χ2n) is 11.0. The number of halogens is 1. The van der Waals surface area contributed by atoms with Crippen LogP contribution in [0.2, 0.25) is 0 Å². The van der Waals surface area contributed by atoms with Crippen LogP contribution in [0.1, 0.15) is 83.2 Å². The molecule has 1 saturated heterocycles. The van der Waals surface area contributed by atoms with E-state index in [9.17, 15) is 9.59 Å². The van der Waals surface area contributed by atoms with Gasteiger partial charge in [0.05, 0.1) is 24.3 Å². The molecule has 0 spiro atoms. The van der Waals surface area contributed by atoms with Gasteiger partial charge < -0.3 is 24.6 Å². The van der Waals surface area contributed by atoms with Gasteiger partial charge in [0.25, 0.3) is 0 Å². The molecule has 4 bridgehead atoms. The maximum Gasteiger partial charge on any atom is 0.201 e. The van der Waals surface area contributed by atoms with E-state index in [2.05, 4.69) is 15.1 Å². The Morgan fingerprint density at radius 3 is 1.52 bits per heavy atom. The summed E-state index contributed by atoms with van der Waals surface area (Å²) >= 11 is 0. The first-order chi connectivity index (χ1) is 19.2. The smallest absolute Gasteiger partial charge is 0.201 e. The minimum Gasteiger partial charge on any atom is -0.493 e. The lowest BCUT2D eigenvalue weighted by molar-refractivity contribution is 0.0972. The van der Waals surface area contributed by atoms with E-state index < -0.39 is 0 Å². The zero-order chi connectivity index (χ0) is 26.9. The number of rotatable bonds is 0. The molecule has 0 aromatic heterocycles. The molecule has 5 rings (SSSR count). The van der Waals surface area contributed by atoms with Crippen LogP contribution in [0.25, 0.3) is 0 Å². The maximum atomic E-state index is 13.7. The molecule has 0 radical (unpaired) electrons. The Kier molecular flexibility index (Phi) is 11.8. The Balaban J connectivity index is 0.00000370. The zero-order valence-electron chi connectivity index (χ0n) is 23.6. The summed E-state index contributed by atoms with van der Waals surface area (Å²) in [5, 5.41) is 3.62. The van der Waals surface area contributed by atoms with Gasteiger partial charge in [-0.25, -0.2) is 0 Å². The Labute approximate surface area is 245 Å². The quantitative estimate of drug-likeness (QED) is 0.409. The number of hydrogen-bond acceptors (Lipinski definition) is 7. The number of hydrogen-bond donors (Lipinski definition) is 1. The van der Waals surface area contributed by atoms with Crippen molar-refractivity contribution in [2.45, 2.75) is 51.4 Å². The zero-order valence-corrected chi connectivity index (χ0v) is 24.4. The lowest BCUT2D eigenvalue weighted by atomic mass is 9.83. The lowest BCUT2D eigenvalue weighted by Gasteiger charge is -2.25. The van der Waals surface area contributed by atoms with Crippen molar-refractivity contribution >= 4 is 24.0 Å². The number of fused-ring (bicyclic) bond motifs is 3. The van der Waals surface area contributed by atoms with Crippen LogP contribution >= 0.6 is 12.4 Å². The van der Waals surface area contributed by atoms with Gasteiger partial charge in [0.2, 0.25) is 5.78 Å². The number of benzene rings is 2. The minimum absolute atomic E-state index is 0. The molecule has 2 unspecified atom stereocenters. The van der Waals surface area contributed by atoms with Crippen LogP contribution < -0.4 is 14.8 Å². The van der Waals surface area contributed by atoms with Crippen molar-refractivity contribution in [1.82, 2.24) is 15.1 Å². The van der Waals surface area contributed by atoms with Gasteiger partial charge in [0.15, 0.2) is 5.78 Å². The predicted molar refractivity (Wildman–Crippen MR) is 161 cm³/mol. The van der Waals surface area contributed by atoms with E-state index in [0.29, 0.717) is 47.0 Å². The molecule has 218 valence electrons. The van der Waals surface area contributed by atoms with Gasteiger partial charge >= 0.3 is 0 Å². The largest absolute Gasteiger partial charge is 0.493 e. The van der Waals surface area contributed by atoms with Crippen LogP contribution in [0.4, 0.5) is 0 Å². The first kappa shape index (κ1) is 30.5. The molecular weight excluding hydrogens is 526 g/mol. The number of ether oxygens (including phenoxy) is 2. The number of nitrogens with zero attached hydrogens (tertiary/aromatic N) is 2. The maximum absolute atomic E-state index is 13.7. The van der Waals surface area contributed by atoms with Crippen LogP contribution in [-0.2, 0) is 0 Å². The minimum atomic E-state index is -0.180. The van der Waals surface area contributed by atoms with Crippen molar-refractivity contribution in [2.75, 3.05) is 65.6 Å². The average molecular weight is 570 g/mol. The predicted octanol–water partition coefficient (Wildman–Crippen LogP) is 4.98. The number of nitrogens with one attached hydrogen (secondary N) is 1. The van der Waals surface area contributed by atoms with Crippen molar-refractivity contribution in [3.05, 3.63) is 58.7 Å². The van der Waals surface area contributed by atoms with Crippen LogP contribution in [-0.4, -0.2) is 86.9 Å². The molecule has 2 aliphatic heterocycles. The van der Waals surface area contributed by atoms with E-state index in [1.807, 2.05) is 12.1 Å². The van der Waals surface area contributed by atoms with Gasteiger partial charge in [-0.1, -0.05) is 49.9 Å². The van der Waals surface area contributed by atoms with Crippen molar-refractivity contribution in [3.8, 4) is 11.5 Å². The fourth-order valence-corrected chi connectivity index (χ4v) is 5.92. The normalized spacial score (nSPS) is 23.4. The van der Waals surface area contributed by atoms with Crippen molar-refractivity contribution in [2.24, 2.45) is 0 Å². The summed E-state index contributed by atoms with van der Waals surface area (Å²) in [6.07, 6.45) is 8.71. The molecule has 8 heteroatoms. The molecule has 1 fully saturated rings. The van der Waals surface area contributed by atoms with Crippen molar-refractivity contribution < 1.29 is 19.1 Å². The third kappa shape index (κ3) is 7.64. The van der Waals surface area contributed by atoms with Gasteiger partial charge in [-0.2, -0.15) is 0 Å². The van der Waals surface area contributed by atoms with E-state index in [0.717, 1.165) is 90.9 Å². The fourth-order valence-electron chi connectivity index (χ4n) is 5.92. The van der Waals surface area contributed by atoms with Gasteiger partial charge in [-0.15, -0.1) is 12.4 Å². The summed E-state index contributed by atoms with van der Waals surface area (Å²) in [6.45, 7) is 10.0. The molecule has 3 aliphatic rings. The van der Waals surface area contributed by atoms with Gasteiger partial charge in [-0.05, 0) is 50.9 Å². The number of ketones is 2. The third-order valence-electron chi connectivity index (χ3n) is 8.19. The molecule has 2 heterocycles. The average Bonchev–Trinajstić information content (AvgIpc) is 3.06. The van der Waals surface area contributed by atoms with E-state index in [1.165, 1.54) is 12.8 Å². The molecule has 0 amide bonds. The lowest BCUT2D eigenvalue weighted by Crippen LogP contribution is -2.37. The van der Waals surface area contributed by atoms with Crippen LogP contribution in [0.5, 0.6) is 11.5 Å². The Morgan fingerprint density at radius 2 is 1.02 bits per heavy atom. The monoisotopic (exact) mass is 569 g/mol. The van der Waals surface area contributed by atoms with E-state index in [-0.39, 0.29) is 24.0 Å². The van der Waals surface area contributed by atoms with E-state index in [4.69, 9.17) is 9.47 Å². The molecule has 2 aromatic carbocycles. The molecule has 2 atom stereocenters. The molecule has 1 N–H and O–H groups in total. The SMILES string of the molecule is Cl.O=C1c2cccc3c2C(=O)c2c(cccc21)OCCCCCCN1CCNCCN(CCCCCCO3)CC1. The van der Waals surface area contributed by atoms with Crippen LogP contribution in [0.3, 0.4) is 0 Å². The third-order valence-corrected chi connectivity index (χ3v) is 8.19. The van der Waals surface area contributed by atoms with Gasteiger partial charge in [-0.3, -0.25) is 9.59 Å². The number of carbonyl (C=O) groups is 2.